The van der Waals surface area contributed by atoms with Crippen LogP contribution >= 0.6 is 0 Å². The van der Waals surface area contributed by atoms with Gasteiger partial charge in [0.2, 0.25) is 11.3 Å². The first kappa shape index (κ1) is 29.9. The summed E-state index contributed by atoms with van der Waals surface area (Å²) in [5, 5.41) is 21.3. The number of ether oxygens (including phenoxy) is 2. The molecular weight excluding hydrogens is 564 g/mol. The van der Waals surface area contributed by atoms with Crippen LogP contribution in [0, 0.1) is 10.1 Å². The van der Waals surface area contributed by atoms with Crippen LogP contribution in [0.1, 0.15) is 36.3 Å². The number of nitro groups is 1. The van der Waals surface area contributed by atoms with E-state index < -0.39 is 76.5 Å². The fraction of sp³-hybridized carbons (Fsp3) is 0.400. The molecule has 1 N–H and O–H groups in total. The van der Waals surface area contributed by atoms with Crippen molar-refractivity contribution in [2.24, 2.45) is 0 Å². The smallest absolute Gasteiger partial charge is 0.415 e. The summed E-state index contributed by atoms with van der Waals surface area (Å²) in [5.41, 5.74) is -6.31. The van der Waals surface area contributed by atoms with E-state index in [0.717, 1.165) is 0 Å². The topological polar surface area (TPSA) is 125 Å². The molecule has 0 spiro atoms. The molecule has 3 aromatic rings. The van der Waals surface area contributed by atoms with Gasteiger partial charge in [-0.3, -0.25) is 10.1 Å². The predicted octanol–water partition coefficient (Wildman–Crippen LogP) is 6.20. The van der Waals surface area contributed by atoms with Gasteiger partial charge < -0.3 is 19.2 Å². The summed E-state index contributed by atoms with van der Waals surface area (Å²) in [4.78, 5) is 14.3. The van der Waals surface area contributed by atoms with Crippen molar-refractivity contribution in [2.75, 3.05) is 19.0 Å². The van der Waals surface area contributed by atoms with E-state index in [1.165, 1.54) is 19.3 Å². The molecule has 3 heterocycles. The van der Waals surface area contributed by atoms with E-state index >= 15 is 0 Å². The van der Waals surface area contributed by atoms with Gasteiger partial charge in [-0.1, -0.05) is 42.5 Å². The number of nitrogens with zero attached hydrogens (tertiary/aromatic N) is 4. The van der Waals surface area contributed by atoms with Gasteiger partial charge in [0, 0.05) is 19.6 Å². The number of allylic oxidation sites excluding steroid dienone is 1. The van der Waals surface area contributed by atoms with Crippen molar-refractivity contribution in [3.63, 3.8) is 0 Å². The van der Waals surface area contributed by atoms with E-state index in [0.29, 0.717) is 5.56 Å². The van der Waals surface area contributed by atoms with E-state index in [-0.39, 0.29) is 25.5 Å². The molecule has 16 heteroatoms. The average Bonchev–Trinajstić information content (AvgIpc) is 3.39. The number of anilines is 1. The lowest BCUT2D eigenvalue weighted by Gasteiger charge is -2.31. The molecule has 10 nitrogen and oxygen atoms in total. The van der Waals surface area contributed by atoms with Crippen LogP contribution in [0.25, 0.3) is 11.6 Å². The third-order valence-corrected chi connectivity index (χ3v) is 6.23. The van der Waals surface area contributed by atoms with Gasteiger partial charge in [-0.2, -0.15) is 26.3 Å². The van der Waals surface area contributed by atoms with E-state index in [4.69, 9.17) is 13.9 Å². The largest absolute Gasteiger partial charge is 0.426 e. The molecule has 0 amide bonds. The van der Waals surface area contributed by atoms with Crippen LogP contribution in [0.2, 0.25) is 0 Å². The van der Waals surface area contributed by atoms with E-state index in [1.54, 1.807) is 30.3 Å². The van der Waals surface area contributed by atoms with Crippen molar-refractivity contribution >= 4 is 11.5 Å². The van der Waals surface area contributed by atoms with Crippen molar-refractivity contribution in [3.05, 3.63) is 75.7 Å². The fourth-order valence-electron chi connectivity index (χ4n) is 4.17. The molecule has 2 atom stereocenters. The molecule has 2 aromatic heterocycles. The van der Waals surface area contributed by atoms with Crippen LogP contribution in [0.4, 0.5) is 37.8 Å². The highest BCUT2D eigenvalue weighted by atomic mass is 19.4. The van der Waals surface area contributed by atoms with Gasteiger partial charge in [0.1, 0.15) is 11.4 Å². The van der Waals surface area contributed by atoms with Gasteiger partial charge in [0.25, 0.3) is 11.8 Å². The highest BCUT2D eigenvalue weighted by Crippen LogP contribution is 2.47. The molecule has 0 radical (unpaired) electrons. The Kier molecular flexibility index (Phi) is 8.63. The number of rotatable bonds is 6. The highest BCUT2D eigenvalue weighted by molar-refractivity contribution is 5.68. The van der Waals surface area contributed by atoms with E-state index in [2.05, 4.69) is 20.5 Å². The fourth-order valence-corrected chi connectivity index (χ4v) is 4.17. The molecule has 0 saturated heterocycles. The number of halogens is 6. The average molecular weight is 587 g/mol. The molecule has 1 aromatic carbocycles. The summed E-state index contributed by atoms with van der Waals surface area (Å²) in [6, 6.07) is 7.39. The first-order valence-electron chi connectivity index (χ1n) is 12.1. The lowest BCUT2D eigenvalue weighted by Crippen LogP contribution is -2.45. The Morgan fingerprint density at radius 3 is 2.51 bits per heavy atom. The number of benzene rings is 1. The summed E-state index contributed by atoms with van der Waals surface area (Å²) >= 11 is 0. The predicted molar refractivity (Wildman–Crippen MR) is 130 cm³/mol. The number of hydrogen-bond donors (Lipinski definition) is 1. The van der Waals surface area contributed by atoms with Crippen LogP contribution in [0.15, 0.2) is 53.0 Å². The lowest BCUT2D eigenvalue weighted by molar-refractivity contribution is -0.384. The van der Waals surface area contributed by atoms with Gasteiger partial charge in [-0.05, 0) is 18.4 Å². The third kappa shape index (κ3) is 6.48. The Morgan fingerprint density at radius 2 is 1.88 bits per heavy atom. The lowest BCUT2D eigenvalue weighted by atomic mass is 9.97. The Morgan fingerprint density at radius 1 is 1.15 bits per heavy atom. The van der Waals surface area contributed by atoms with Gasteiger partial charge in [0.15, 0.2) is 0 Å². The second-order valence-corrected chi connectivity index (χ2v) is 9.07. The standard InChI is InChI=1S/C25H23F6N5O5/c1-39-14-16-10-6-3-7-11-23(25(29,30)31,40-13-15-8-4-2-5-9-15)22-35-34-21(41-22)19-18(36(37)38)12-17(24(26,27)28)20(32-16)33-19/h2-5,7-9,12,16H,6,10-11,13-14H2,1H3,(H,32,33)/b7-3+/t16?,23-/m1/s1. The monoisotopic (exact) mass is 587 g/mol. The molecule has 220 valence electrons. The minimum atomic E-state index is -5.13. The number of nitrogens with one attached hydrogen (secondary N) is 1. The van der Waals surface area contributed by atoms with Crippen molar-refractivity contribution in [1.29, 1.82) is 0 Å². The molecule has 1 unspecified atom stereocenters. The molecular formula is C25H23F6N5O5. The maximum Gasteiger partial charge on any atom is 0.426 e. The van der Waals surface area contributed by atoms with Crippen molar-refractivity contribution < 1.29 is 45.2 Å². The van der Waals surface area contributed by atoms with Gasteiger partial charge in [-0.15, -0.1) is 10.2 Å². The number of pyridine rings is 1. The molecule has 1 aliphatic heterocycles. The molecule has 0 fully saturated rings. The molecule has 1 aliphatic rings. The maximum absolute atomic E-state index is 14.8. The van der Waals surface area contributed by atoms with Crippen molar-refractivity contribution in [3.8, 4) is 11.6 Å². The Bertz CT molecular complexity index is 1400. The molecule has 4 rings (SSSR count). The zero-order valence-electron chi connectivity index (χ0n) is 21.3. The summed E-state index contributed by atoms with van der Waals surface area (Å²) < 4.78 is 102. The zero-order chi connectivity index (χ0) is 29.8. The van der Waals surface area contributed by atoms with Gasteiger partial charge in [0.05, 0.1) is 24.2 Å². The Hall–Kier alpha value is -4.05. The Labute approximate surface area is 228 Å². The summed E-state index contributed by atoms with van der Waals surface area (Å²) in [6.45, 7) is -0.620. The summed E-state index contributed by atoms with van der Waals surface area (Å²) in [7, 11) is 1.31. The first-order valence-corrected chi connectivity index (χ1v) is 12.1. The minimum Gasteiger partial charge on any atom is -0.415 e. The van der Waals surface area contributed by atoms with Crippen LogP contribution in [-0.2, 0) is 27.9 Å². The SMILES string of the molecule is COCC1CC/C=C/C[C@](OCc2ccccc2)(C(F)(F)F)c2nnc(o2)-c2nc(c(C(F)(F)F)cc2[N+](=O)[O-])N1. The van der Waals surface area contributed by atoms with Crippen LogP contribution in [0.3, 0.4) is 0 Å². The highest BCUT2D eigenvalue weighted by Gasteiger charge is 2.61. The second-order valence-electron chi connectivity index (χ2n) is 9.07. The van der Waals surface area contributed by atoms with Crippen LogP contribution < -0.4 is 5.32 Å². The number of alkyl halides is 6. The third-order valence-electron chi connectivity index (χ3n) is 6.23. The summed E-state index contributed by atoms with van der Waals surface area (Å²) in [5.74, 6) is -2.81. The second kappa shape index (κ2) is 11.8. The molecule has 41 heavy (non-hydrogen) atoms. The molecule has 4 bridgehead atoms. The normalized spacial score (nSPS) is 20.6. The van der Waals surface area contributed by atoms with Gasteiger partial charge >= 0.3 is 18.0 Å². The van der Waals surface area contributed by atoms with Crippen molar-refractivity contribution in [1.82, 2.24) is 15.2 Å². The number of aromatic nitrogens is 3. The quantitative estimate of drug-likeness (QED) is 0.155. The van der Waals surface area contributed by atoms with Crippen molar-refractivity contribution in [2.45, 2.75) is 49.9 Å². The van der Waals surface area contributed by atoms with Crippen LogP contribution in [0.5, 0.6) is 0 Å². The van der Waals surface area contributed by atoms with Crippen LogP contribution in [-0.4, -0.2) is 46.0 Å². The molecule has 0 saturated carbocycles. The number of fused-ring (bicyclic) bond motifs is 5. The summed E-state index contributed by atoms with van der Waals surface area (Å²) in [6.07, 6.45) is -8.14. The number of methoxy groups -OCH3 is 1. The minimum absolute atomic E-state index is 0.101. The zero-order valence-corrected chi connectivity index (χ0v) is 21.3. The van der Waals surface area contributed by atoms with E-state index in [1.807, 2.05) is 0 Å². The Balaban J connectivity index is 1.92. The number of hydrogen-bond acceptors (Lipinski definition) is 9. The van der Waals surface area contributed by atoms with Gasteiger partial charge in [-0.25, -0.2) is 4.98 Å². The first-order chi connectivity index (χ1) is 19.4. The van der Waals surface area contributed by atoms with E-state index in [9.17, 15) is 36.5 Å². The maximum atomic E-state index is 14.8. The molecule has 0 aliphatic carbocycles.